The second-order valence-corrected chi connectivity index (χ2v) is 5.99. The highest BCUT2D eigenvalue weighted by atomic mass is 32.2. The maximum absolute atomic E-state index is 5.56. The summed E-state index contributed by atoms with van der Waals surface area (Å²) in [5.41, 5.74) is 0.334. The Morgan fingerprint density at radius 2 is 2.38 bits per heavy atom. The summed E-state index contributed by atoms with van der Waals surface area (Å²) in [5.74, 6) is 1.13. The van der Waals surface area contributed by atoms with Crippen LogP contribution in [-0.4, -0.2) is 49.9 Å². The molecule has 0 aromatic heterocycles. The van der Waals surface area contributed by atoms with Crippen molar-refractivity contribution in [2.45, 2.75) is 20.0 Å². The van der Waals surface area contributed by atoms with Crippen molar-refractivity contribution in [1.82, 2.24) is 5.32 Å². The van der Waals surface area contributed by atoms with Gasteiger partial charge in [-0.1, -0.05) is 25.6 Å². The number of hydrogen-bond donors (Lipinski definition) is 1. The van der Waals surface area contributed by atoms with Gasteiger partial charge in [-0.25, -0.2) is 0 Å². The third kappa shape index (κ3) is 3.64. The smallest absolute Gasteiger partial charge is 0.156 e. The number of amidine groups is 1. The molecule has 0 aromatic rings. The van der Waals surface area contributed by atoms with Gasteiger partial charge in [0, 0.05) is 18.8 Å². The molecule has 2 aliphatic heterocycles. The number of nitrogens with zero attached hydrogens (tertiary/aromatic N) is 1. The fourth-order valence-corrected chi connectivity index (χ4v) is 2.56. The Morgan fingerprint density at radius 1 is 1.50 bits per heavy atom. The van der Waals surface area contributed by atoms with E-state index in [9.17, 15) is 0 Å². The van der Waals surface area contributed by atoms with E-state index in [1.807, 2.05) is 0 Å². The van der Waals surface area contributed by atoms with Crippen LogP contribution < -0.4 is 5.32 Å². The zero-order chi connectivity index (χ0) is 11.4. The molecule has 92 valence electrons. The van der Waals surface area contributed by atoms with Gasteiger partial charge in [-0.15, -0.1) is 0 Å². The largest absolute Gasteiger partial charge is 0.376 e. The highest BCUT2D eigenvalue weighted by Crippen LogP contribution is 2.26. The first-order chi connectivity index (χ1) is 7.66. The summed E-state index contributed by atoms with van der Waals surface area (Å²) in [4.78, 5) is 4.54. The van der Waals surface area contributed by atoms with E-state index in [1.54, 1.807) is 11.8 Å². The first-order valence-corrected chi connectivity index (χ1v) is 6.75. The molecule has 1 atom stereocenters. The monoisotopic (exact) mass is 244 g/mol. The normalized spacial score (nSPS) is 29.6. The van der Waals surface area contributed by atoms with Crippen LogP contribution in [0.15, 0.2) is 4.99 Å². The molecule has 0 aliphatic carbocycles. The van der Waals surface area contributed by atoms with Gasteiger partial charge in [0.05, 0.1) is 25.9 Å². The lowest BCUT2D eigenvalue weighted by molar-refractivity contribution is -0.0849. The zero-order valence-electron chi connectivity index (χ0n) is 9.99. The minimum atomic E-state index is 0.173. The van der Waals surface area contributed by atoms with Crippen molar-refractivity contribution >= 4 is 16.9 Å². The summed E-state index contributed by atoms with van der Waals surface area (Å²) in [6.45, 7) is 8.32. The Kier molecular flexibility index (Phi) is 4.10. The van der Waals surface area contributed by atoms with Crippen LogP contribution in [0.3, 0.4) is 0 Å². The molecule has 2 rings (SSSR count). The van der Waals surface area contributed by atoms with Crippen molar-refractivity contribution in [1.29, 1.82) is 0 Å². The maximum Gasteiger partial charge on any atom is 0.156 e. The fourth-order valence-electron chi connectivity index (χ4n) is 1.60. The van der Waals surface area contributed by atoms with Crippen molar-refractivity contribution < 1.29 is 9.47 Å². The summed E-state index contributed by atoms with van der Waals surface area (Å²) in [6, 6.07) is 0. The van der Waals surface area contributed by atoms with Gasteiger partial charge in [0.1, 0.15) is 0 Å². The number of rotatable bonds is 2. The first-order valence-electron chi connectivity index (χ1n) is 5.76. The first kappa shape index (κ1) is 12.2. The van der Waals surface area contributed by atoms with Gasteiger partial charge in [-0.05, 0) is 5.41 Å². The van der Waals surface area contributed by atoms with E-state index < -0.39 is 0 Å². The van der Waals surface area contributed by atoms with E-state index in [-0.39, 0.29) is 6.10 Å². The second-order valence-electron chi connectivity index (χ2n) is 5.02. The van der Waals surface area contributed by atoms with Gasteiger partial charge in [0.25, 0.3) is 0 Å². The predicted octanol–water partition coefficient (Wildman–Crippen LogP) is 1.12. The summed E-state index contributed by atoms with van der Waals surface area (Å²) >= 11 is 1.80. The standard InChI is InChI=1S/C11H20N2O2S/c1-11(2)7-13-10(16-8-11)12-5-9-6-14-3-4-15-9/h9H,3-8H2,1-2H3,(H,12,13). The number of ether oxygens (including phenoxy) is 2. The van der Waals surface area contributed by atoms with Crippen LogP contribution in [0.4, 0.5) is 0 Å². The Morgan fingerprint density at radius 3 is 3.00 bits per heavy atom. The summed E-state index contributed by atoms with van der Waals surface area (Å²) in [6.07, 6.45) is 0.173. The predicted molar refractivity (Wildman–Crippen MR) is 67.1 cm³/mol. The fraction of sp³-hybridized carbons (Fsp3) is 0.909. The molecule has 2 aliphatic rings. The molecule has 2 heterocycles. The van der Waals surface area contributed by atoms with Crippen LogP contribution in [0.25, 0.3) is 0 Å². The Labute approximate surface area is 101 Å². The van der Waals surface area contributed by atoms with Crippen molar-refractivity contribution in [2.24, 2.45) is 10.4 Å². The summed E-state index contributed by atoms with van der Waals surface area (Å²) in [7, 11) is 0. The lowest BCUT2D eigenvalue weighted by Gasteiger charge is -2.29. The van der Waals surface area contributed by atoms with Crippen molar-refractivity contribution in [3.8, 4) is 0 Å². The number of hydrogen-bond acceptors (Lipinski definition) is 5. The van der Waals surface area contributed by atoms with E-state index in [0.29, 0.717) is 18.6 Å². The van der Waals surface area contributed by atoms with Gasteiger partial charge >= 0.3 is 0 Å². The van der Waals surface area contributed by atoms with Crippen LogP contribution in [-0.2, 0) is 9.47 Å². The SMILES string of the molecule is CC1(C)CN=C(NCC2COCCO2)SC1. The van der Waals surface area contributed by atoms with E-state index in [1.165, 1.54) is 0 Å². The van der Waals surface area contributed by atoms with Crippen LogP contribution in [0, 0.1) is 5.41 Å². The second kappa shape index (κ2) is 5.38. The van der Waals surface area contributed by atoms with E-state index in [0.717, 1.165) is 30.6 Å². The molecular weight excluding hydrogens is 224 g/mol. The molecule has 0 radical (unpaired) electrons. The van der Waals surface area contributed by atoms with E-state index >= 15 is 0 Å². The molecule has 1 unspecified atom stereocenters. The van der Waals surface area contributed by atoms with Gasteiger partial charge < -0.3 is 14.8 Å². The van der Waals surface area contributed by atoms with Crippen molar-refractivity contribution in [3.63, 3.8) is 0 Å². The Bertz CT molecular complexity index is 263. The molecule has 0 spiro atoms. The lowest BCUT2D eigenvalue weighted by atomic mass is 9.97. The maximum atomic E-state index is 5.56. The topological polar surface area (TPSA) is 42.9 Å². The third-order valence-corrected chi connectivity index (χ3v) is 4.09. The molecule has 1 saturated heterocycles. The van der Waals surface area contributed by atoms with Crippen molar-refractivity contribution in [2.75, 3.05) is 38.7 Å². The summed E-state index contributed by atoms with van der Waals surface area (Å²) < 4.78 is 10.9. The average Bonchev–Trinajstić information content (AvgIpc) is 2.29. The molecule has 1 fully saturated rings. The number of aliphatic imine (C=N–C) groups is 1. The van der Waals surface area contributed by atoms with Crippen molar-refractivity contribution in [3.05, 3.63) is 0 Å². The Balaban J connectivity index is 1.72. The highest BCUT2D eigenvalue weighted by Gasteiger charge is 2.24. The molecule has 0 aromatic carbocycles. The third-order valence-electron chi connectivity index (χ3n) is 2.62. The quantitative estimate of drug-likeness (QED) is 0.790. The molecule has 4 nitrogen and oxygen atoms in total. The number of thioether (sulfide) groups is 1. The highest BCUT2D eigenvalue weighted by molar-refractivity contribution is 8.13. The lowest BCUT2D eigenvalue weighted by Crippen LogP contribution is -2.40. The van der Waals surface area contributed by atoms with Crippen LogP contribution in [0.2, 0.25) is 0 Å². The van der Waals surface area contributed by atoms with Gasteiger partial charge in [-0.3, -0.25) is 4.99 Å². The van der Waals surface area contributed by atoms with Crippen LogP contribution in [0.5, 0.6) is 0 Å². The molecule has 1 N–H and O–H groups in total. The zero-order valence-corrected chi connectivity index (χ0v) is 10.8. The average molecular weight is 244 g/mol. The van der Waals surface area contributed by atoms with Gasteiger partial charge in [-0.2, -0.15) is 0 Å². The molecule has 0 saturated carbocycles. The van der Waals surface area contributed by atoms with Crippen LogP contribution in [0.1, 0.15) is 13.8 Å². The minimum absolute atomic E-state index is 0.173. The van der Waals surface area contributed by atoms with Gasteiger partial charge in [0.15, 0.2) is 5.17 Å². The van der Waals surface area contributed by atoms with Crippen LogP contribution >= 0.6 is 11.8 Å². The molecule has 16 heavy (non-hydrogen) atoms. The van der Waals surface area contributed by atoms with Gasteiger partial charge in [0.2, 0.25) is 0 Å². The molecule has 0 amide bonds. The molecular formula is C11H20N2O2S. The molecule has 5 heteroatoms. The Hall–Kier alpha value is -0.260. The summed E-state index contributed by atoms with van der Waals surface area (Å²) in [5, 5.41) is 4.39. The minimum Gasteiger partial charge on any atom is -0.376 e. The number of nitrogens with one attached hydrogen (secondary N) is 1. The molecule has 0 bridgehead atoms. The van der Waals surface area contributed by atoms with E-state index in [4.69, 9.17) is 9.47 Å². The van der Waals surface area contributed by atoms with E-state index in [2.05, 4.69) is 24.2 Å².